The molecule has 0 N–H and O–H groups in total. The van der Waals surface area contributed by atoms with Crippen LogP contribution in [0.4, 0.5) is 13.2 Å². The summed E-state index contributed by atoms with van der Waals surface area (Å²) in [5.74, 6) is 0. The zero-order valence-corrected chi connectivity index (χ0v) is 9.39. The molecule has 0 aromatic heterocycles. The molecule has 0 fully saturated rings. The zero-order valence-electron chi connectivity index (χ0n) is 9.39. The van der Waals surface area contributed by atoms with Crippen LogP contribution in [0.25, 0.3) is 6.08 Å². The first-order valence-electron chi connectivity index (χ1n) is 5.16. The lowest BCUT2D eigenvalue weighted by atomic mass is 10.1. The van der Waals surface area contributed by atoms with Crippen LogP contribution >= 0.6 is 0 Å². The lowest BCUT2D eigenvalue weighted by molar-refractivity contribution is -0.137. The Morgan fingerprint density at radius 1 is 0.833 bits per heavy atom. The van der Waals surface area contributed by atoms with Gasteiger partial charge in [-0.15, -0.1) is 0 Å². The Bertz CT molecular complexity index is 465. The highest BCUT2D eigenvalue weighted by atomic mass is 19.4. The normalized spacial score (nSPS) is 12.8. The smallest absolute Gasteiger partial charge is 0.299 e. The van der Waals surface area contributed by atoms with Gasteiger partial charge < -0.3 is 0 Å². The molecule has 0 saturated heterocycles. The molecule has 0 spiro atoms. The van der Waals surface area contributed by atoms with Crippen molar-refractivity contribution in [3.8, 4) is 0 Å². The van der Waals surface area contributed by atoms with Crippen LogP contribution in [0, 0.1) is 0 Å². The van der Waals surface area contributed by atoms with E-state index >= 15 is 0 Å². The maximum Gasteiger partial charge on any atom is 0.416 e. The molecular weight excluding hydrogens is 241 g/mol. The molecule has 18 heavy (non-hydrogen) atoms. The van der Waals surface area contributed by atoms with Gasteiger partial charge in [0.15, 0.2) is 0 Å². The van der Waals surface area contributed by atoms with Gasteiger partial charge in [-0.25, -0.2) is 0 Å². The van der Waals surface area contributed by atoms with E-state index in [2.05, 4.69) is 0 Å². The summed E-state index contributed by atoms with van der Waals surface area (Å²) in [7, 11) is 0. The Morgan fingerprint density at radius 2 is 1.39 bits per heavy atom. The molecule has 0 radical (unpaired) electrons. The van der Waals surface area contributed by atoms with Crippen molar-refractivity contribution in [1.29, 1.82) is 0 Å². The van der Waals surface area contributed by atoms with Crippen LogP contribution in [0.3, 0.4) is 0 Å². The minimum absolute atomic E-state index is 0.657. The fourth-order valence-corrected chi connectivity index (χ4v) is 1.19. The minimum atomic E-state index is -4.30. The molecule has 1 nitrogen and oxygen atoms in total. The molecule has 0 unspecified atom stereocenters. The summed E-state index contributed by atoms with van der Waals surface area (Å²) >= 11 is 0. The van der Waals surface area contributed by atoms with Crippen molar-refractivity contribution in [2.45, 2.75) is 6.18 Å². The van der Waals surface area contributed by atoms with Gasteiger partial charge in [0.05, 0.1) is 5.56 Å². The monoisotopic (exact) mass is 252 g/mol. The van der Waals surface area contributed by atoms with Gasteiger partial charge in [0.2, 0.25) is 0 Å². The fraction of sp³-hybridized carbons (Fsp3) is 0.0714. The zero-order chi connectivity index (χ0) is 13.4. The minimum Gasteiger partial charge on any atom is -0.299 e. The topological polar surface area (TPSA) is 17.1 Å². The van der Waals surface area contributed by atoms with E-state index in [1.807, 2.05) is 0 Å². The molecule has 1 aromatic rings. The largest absolute Gasteiger partial charge is 0.416 e. The number of rotatable bonds is 4. The molecule has 94 valence electrons. The number of aldehydes is 1. The summed E-state index contributed by atoms with van der Waals surface area (Å²) in [6, 6.07) is 4.87. The second-order valence-corrected chi connectivity index (χ2v) is 3.38. The number of hydrogen-bond acceptors (Lipinski definition) is 1. The standard InChI is InChI=1S/C14H11F3O/c15-14(16,17)13-9-7-12(8-10-13)6-4-2-1-3-5-11-18/h1-11H/b2-1+,5-3+,6-4+. The Morgan fingerprint density at radius 3 is 1.94 bits per heavy atom. The molecule has 4 heteroatoms. The maximum atomic E-state index is 12.3. The van der Waals surface area contributed by atoms with Crippen LogP contribution in [0.5, 0.6) is 0 Å². The maximum absolute atomic E-state index is 12.3. The van der Waals surface area contributed by atoms with Crippen LogP contribution < -0.4 is 0 Å². The molecule has 0 aliphatic heterocycles. The van der Waals surface area contributed by atoms with Gasteiger partial charge in [0.25, 0.3) is 0 Å². The van der Waals surface area contributed by atoms with E-state index in [-0.39, 0.29) is 0 Å². The Kier molecular flexibility index (Phi) is 5.11. The van der Waals surface area contributed by atoms with Crippen LogP contribution in [-0.2, 0) is 11.0 Å². The van der Waals surface area contributed by atoms with Gasteiger partial charge >= 0.3 is 6.18 Å². The van der Waals surface area contributed by atoms with E-state index in [0.29, 0.717) is 11.8 Å². The SMILES string of the molecule is O=C/C=C/C=C/C=C/c1ccc(C(F)(F)F)cc1. The second-order valence-electron chi connectivity index (χ2n) is 3.38. The van der Waals surface area contributed by atoms with Crippen molar-refractivity contribution in [2.75, 3.05) is 0 Å². The molecule has 0 aliphatic carbocycles. The van der Waals surface area contributed by atoms with E-state index in [1.165, 1.54) is 18.2 Å². The summed E-state index contributed by atoms with van der Waals surface area (Å²) < 4.78 is 36.8. The summed E-state index contributed by atoms with van der Waals surface area (Å²) in [6.45, 7) is 0. The number of allylic oxidation sites excluding steroid dienone is 5. The average molecular weight is 252 g/mol. The van der Waals surface area contributed by atoms with Crippen molar-refractivity contribution in [3.63, 3.8) is 0 Å². The van der Waals surface area contributed by atoms with Gasteiger partial charge in [-0.2, -0.15) is 13.2 Å². The van der Waals surface area contributed by atoms with Crippen molar-refractivity contribution in [2.24, 2.45) is 0 Å². The van der Waals surface area contributed by atoms with E-state index < -0.39 is 11.7 Å². The predicted molar refractivity (Wildman–Crippen MR) is 64.8 cm³/mol. The molecule has 0 atom stereocenters. The summed E-state index contributed by atoms with van der Waals surface area (Å²) in [6.07, 6.45) is 5.92. The van der Waals surface area contributed by atoms with Crippen LogP contribution in [0.15, 0.2) is 54.6 Å². The van der Waals surface area contributed by atoms with Crippen molar-refractivity contribution >= 4 is 12.4 Å². The Hall–Kier alpha value is -2.10. The highest BCUT2D eigenvalue weighted by Gasteiger charge is 2.29. The van der Waals surface area contributed by atoms with Gasteiger partial charge in [0, 0.05) is 0 Å². The van der Waals surface area contributed by atoms with Gasteiger partial charge in [-0.3, -0.25) is 4.79 Å². The third-order valence-electron chi connectivity index (χ3n) is 2.05. The Labute approximate surface area is 103 Å². The van der Waals surface area contributed by atoms with Crippen molar-refractivity contribution in [3.05, 3.63) is 65.8 Å². The van der Waals surface area contributed by atoms with Crippen LogP contribution in [0.2, 0.25) is 0 Å². The lowest BCUT2D eigenvalue weighted by Crippen LogP contribution is -2.03. The molecule has 0 amide bonds. The number of hydrogen-bond donors (Lipinski definition) is 0. The molecule has 1 rings (SSSR count). The predicted octanol–water partition coefficient (Wildman–Crippen LogP) is 4.03. The quantitative estimate of drug-likeness (QED) is 0.449. The summed E-state index contributed by atoms with van der Waals surface area (Å²) in [5.41, 5.74) is 0.0103. The lowest BCUT2D eigenvalue weighted by Gasteiger charge is -2.05. The number of halogens is 3. The van der Waals surface area contributed by atoms with Crippen LogP contribution in [-0.4, -0.2) is 6.29 Å². The first-order valence-corrected chi connectivity index (χ1v) is 5.16. The van der Waals surface area contributed by atoms with E-state index in [1.54, 1.807) is 30.4 Å². The van der Waals surface area contributed by atoms with E-state index in [9.17, 15) is 18.0 Å². The third kappa shape index (κ3) is 4.82. The molecule has 0 bridgehead atoms. The molecule has 0 aliphatic rings. The second kappa shape index (κ2) is 6.59. The highest BCUT2D eigenvalue weighted by molar-refractivity contribution is 5.65. The molecule has 0 saturated carbocycles. The molecule has 1 aromatic carbocycles. The number of alkyl halides is 3. The summed E-state index contributed by atoms with van der Waals surface area (Å²) in [4.78, 5) is 9.94. The van der Waals surface area contributed by atoms with Crippen LogP contribution in [0.1, 0.15) is 11.1 Å². The third-order valence-corrected chi connectivity index (χ3v) is 2.05. The van der Waals surface area contributed by atoms with E-state index in [4.69, 9.17) is 0 Å². The number of carbonyl (C=O) groups excluding carboxylic acids is 1. The van der Waals surface area contributed by atoms with Crippen molar-refractivity contribution in [1.82, 2.24) is 0 Å². The first-order chi connectivity index (χ1) is 8.54. The van der Waals surface area contributed by atoms with Gasteiger partial charge in [-0.05, 0) is 23.8 Å². The molecule has 0 heterocycles. The van der Waals surface area contributed by atoms with E-state index in [0.717, 1.165) is 12.1 Å². The van der Waals surface area contributed by atoms with Gasteiger partial charge in [-0.1, -0.05) is 42.5 Å². The number of benzene rings is 1. The highest BCUT2D eigenvalue weighted by Crippen LogP contribution is 2.29. The summed E-state index contributed by atoms with van der Waals surface area (Å²) in [5, 5.41) is 0. The fourth-order valence-electron chi connectivity index (χ4n) is 1.19. The van der Waals surface area contributed by atoms with Gasteiger partial charge in [0.1, 0.15) is 6.29 Å². The average Bonchev–Trinajstić information content (AvgIpc) is 2.33. The molecular formula is C14H11F3O. The first kappa shape index (κ1) is 14.0. The van der Waals surface area contributed by atoms with Crippen molar-refractivity contribution < 1.29 is 18.0 Å². The number of carbonyl (C=O) groups is 1. The Balaban J connectivity index is 2.64.